The summed E-state index contributed by atoms with van der Waals surface area (Å²) < 4.78 is 2.20. The molecular weight excluding hydrogens is 352 g/mol. The predicted molar refractivity (Wildman–Crippen MR) is 111 cm³/mol. The lowest BCUT2D eigenvalue weighted by Gasteiger charge is -2.10. The van der Waals surface area contributed by atoms with E-state index in [0.29, 0.717) is 6.54 Å². The van der Waals surface area contributed by atoms with Crippen LogP contribution in [0.4, 0.5) is 5.69 Å². The standard InChI is InChI=1S/C23H20N2O3/c1-15(26)24-18-6-4-5-17(11-18)14-25-21-8-3-2-7-19(21)20-10-9-16(12-22(20)25)13-23(27)28/h2-12H,13-14H2,1H3,(H,24,26)(H,27,28). The number of nitrogens with zero attached hydrogens (tertiary/aromatic N) is 1. The van der Waals surface area contributed by atoms with Crippen molar-refractivity contribution in [2.24, 2.45) is 0 Å². The Labute approximate surface area is 162 Å². The van der Waals surface area contributed by atoms with E-state index in [-0.39, 0.29) is 12.3 Å². The van der Waals surface area contributed by atoms with Gasteiger partial charge in [-0.3, -0.25) is 9.59 Å². The fraction of sp³-hybridized carbons (Fsp3) is 0.130. The molecule has 28 heavy (non-hydrogen) atoms. The lowest BCUT2D eigenvalue weighted by molar-refractivity contribution is -0.136. The number of hydrogen-bond donors (Lipinski definition) is 2. The van der Waals surface area contributed by atoms with Crippen LogP contribution in [0.2, 0.25) is 0 Å². The summed E-state index contributed by atoms with van der Waals surface area (Å²) in [5.74, 6) is -0.947. The van der Waals surface area contributed by atoms with Crippen LogP contribution in [0.1, 0.15) is 18.1 Å². The Balaban J connectivity index is 1.84. The number of hydrogen-bond acceptors (Lipinski definition) is 2. The Bertz CT molecular complexity index is 1210. The molecule has 0 aliphatic heterocycles. The third kappa shape index (κ3) is 3.47. The zero-order chi connectivity index (χ0) is 19.7. The first kappa shape index (κ1) is 17.8. The lowest BCUT2D eigenvalue weighted by Crippen LogP contribution is -2.06. The van der Waals surface area contributed by atoms with Crippen molar-refractivity contribution in [3.05, 3.63) is 77.9 Å². The van der Waals surface area contributed by atoms with Crippen molar-refractivity contribution >= 4 is 39.4 Å². The van der Waals surface area contributed by atoms with Crippen LogP contribution in [-0.4, -0.2) is 21.6 Å². The van der Waals surface area contributed by atoms with Crippen molar-refractivity contribution in [1.82, 2.24) is 4.57 Å². The van der Waals surface area contributed by atoms with Crippen molar-refractivity contribution < 1.29 is 14.7 Å². The van der Waals surface area contributed by atoms with Crippen LogP contribution in [0.25, 0.3) is 21.8 Å². The lowest BCUT2D eigenvalue weighted by atomic mass is 10.1. The van der Waals surface area contributed by atoms with Crippen molar-refractivity contribution in [3.63, 3.8) is 0 Å². The Morgan fingerprint density at radius 2 is 1.68 bits per heavy atom. The maximum absolute atomic E-state index is 11.4. The van der Waals surface area contributed by atoms with Crippen molar-refractivity contribution in [2.75, 3.05) is 5.32 Å². The Hall–Kier alpha value is -3.60. The summed E-state index contributed by atoms with van der Waals surface area (Å²) in [6.45, 7) is 2.11. The van der Waals surface area contributed by atoms with Gasteiger partial charge in [0.1, 0.15) is 0 Å². The molecule has 0 spiro atoms. The maximum atomic E-state index is 11.4. The van der Waals surface area contributed by atoms with E-state index in [0.717, 1.165) is 38.6 Å². The molecule has 3 aromatic carbocycles. The van der Waals surface area contributed by atoms with E-state index in [1.54, 1.807) is 0 Å². The first-order valence-electron chi connectivity index (χ1n) is 9.09. The number of rotatable bonds is 5. The highest BCUT2D eigenvalue weighted by molar-refractivity contribution is 6.08. The number of fused-ring (bicyclic) bond motifs is 3. The fourth-order valence-corrected chi connectivity index (χ4v) is 3.68. The highest BCUT2D eigenvalue weighted by atomic mass is 16.4. The smallest absolute Gasteiger partial charge is 0.307 e. The van der Waals surface area contributed by atoms with Crippen LogP contribution in [0.15, 0.2) is 66.7 Å². The molecule has 2 N–H and O–H groups in total. The van der Waals surface area contributed by atoms with Gasteiger partial charge < -0.3 is 15.0 Å². The van der Waals surface area contributed by atoms with Crippen LogP contribution >= 0.6 is 0 Å². The van der Waals surface area contributed by atoms with E-state index >= 15 is 0 Å². The number of anilines is 1. The number of aromatic nitrogens is 1. The van der Waals surface area contributed by atoms with Crippen LogP contribution in [0.5, 0.6) is 0 Å². The van der Waals surface area contributed by atoms with Gasteiger partial charge in [0.25, 0.3) is 0 Å². The molecule has 5 nitrogen and oxygen atoms in total. The molecule has 140 valence electrons. The van der Waals surface area contributed by atoms with E-state index in [1.165, 1.54) is 6.92 Å². The summed E-state index contributed by atoms with van der Waals surface area (Å²) in [7, 11) is 0. The van der Waals surface area contributed by atoms with Gasteiger partial charge in [-0.05, 0) is 35.4 Å². The predicted octanol–water partition coefficient (Wildman–Crippen LogP) is 4.43. The summed E-state index contributed by atoms with van der Waals surface area (Å²) >= 11 is 0. The molecule has 4 aromatic rings. The Morgan fingerprint density at radius 3 is 2.46 bits per heavy atom. The zero-order valence-corrected chi connectivity index (χ0v) is 15.5. The van der Waals surface area contributed by atoms with E-state index in [2.05, 4.69) is 22.0 Å². The molecule has 1 amide bonds. The normalized spacial score (nSPS) is 11.0. The van der Waals surface area contributed by atoms with E-state index in [1.807, 2.05) is 54.6 Å². The average molecular weight is 372 g/mol. The molecule has 0 aliphatic carbocycles. The van der Waals surface area contributed by atoms with Crippen molar-refractivity contribution in [2.45, 2.75) is 19.9 Å². The summed E-state index contributed by atoms with van der Waals surface area (Å²) in [6.07, 6.45) is -0.00448. The molecule has 5 heteroatoms. The zero-order valence-electron chi connectivity index (χ0n) is 15.5. The molecule has 0 radical (unpaired) electrons. The van der Waals surface area contributed by atoms with Crippen LogP contribution in [-0.2, 0) is 22.6 Å². The highest BCUT2D eigenvalue weighted by Gasteiger charge is 2.12. The summed E-state index contributed by atoms with van der Waals surface area (Å²) in [5.41, 5.74) is 4.69. The van der Waals surface area contributed by atoms with Gasteiger partial charge in [0.2, 0.25) is 5.91 Å². The number of aliphatic carboxylic acids is 1. The molecule has 0 aliphatic rings. The minimum atomic E-state index is -0.843. The molecule has 0 atom stereocenters. The molecule has 0 saturated heterocycles. The average Bonchev–Trinajstić information content (AvgIpc) is 2.95. The van der Waals surface area contributed by atoms with Crippen LogP contribution < -0.4 is 5.32 Å². The topological polar surface area (TPSA) is 71.3 Å². The Kier molecular flexibility index (Phi) is 4.57. The second-order valence-electron chi connectivity index (χ2n) is 6.91. The van der Waals surface area contributed by atoms with Gasteiger partial charge in [-0.2, -0.15) is 0 Å². The minimum absolute atomic E-state index is 0.00448. The van der Waals surface area contributed by atoms with Crippen molar-refractivity contribution in [1.29, 1.82) is 0 Å². The van der Waals surface area contributed by atoms with Gasteiger partial charge in [0, 0.05) is 41.0 Å². The van der Waals surface area contributed by atoms with Gasteiger partial charge in [-0.25, -0.2) is 0 Å². The number of carbonyl (C=O) groups is 2. The molecular formula is C23H20N2O3. The van der Waals surface area contributed by atoms with Gasteiger partial charge in [-0.15, -0.1) is 0 Å². The second kappa shape index (κ2) is 7.19. The van der Waals surface area contributed by atoms with Crippen LogP contribution in [0, 0.1) is 0 Å². The molecule has 0 saturated carbocycles. The number of carbonyl (C=O) groups excluding carboxylic acids is 1. The van der Waals surface area contributed by atoms with Gasteiger partial charge in [0.15, 0.2) is 0 Å². The number of carboxylic acids is 1. The van der Waals surface area contributed by atoms with Gasteiger partial charge >= 0.3 is 5.97 Å². The van der Waals surface area contributed by atoms with Crippen molar-refractivity contribution in [3.8, 4) is 0 Å². The third-order valence-electron chi connectivity index (χ3n) is 4.78. The van der Waals surface area contributed by atoms with E-state index in [4.69, 9.17) is 5.11 Å². The Morgan fingerprint density at radius 1 is 0.893 bits per heavy atom. The summed E-state index contributed by atoms with van der Waals surface area (Å²) in [4.78, 5) is 22.5. The largest absolute Gasteiger partial charge is 0.481 e. The molecule has 0 bridgehead atoms. The number of nitrogens with one attached hydrogen (secondary N) is 1. The van der Waals surface area contributed by atoms with Crippen LogP contribution in [0.3, 0.4) is 0 Å². The first-order valence-corrected chi connectivity index (χ1v) is 9.09. The van der Waals surface area contributed by atoms with E-state index in [9.17, 15) is 9.59 Å². The third-order valence-corrected chi connectivity index (χ3v) is 4.78. The molecule has 1 heterocycles. The number of carboxylic acid groups (broad SMARTS) is 1. The quantitative estimate of drug-likeness (QED) is 0.544. The molecule has 0 unspecified atom stereocenters. The van der Waals surface area contributed by atoms with Gasteiger partial charge in [0.05, 0.1) is 6.42 Å². The highest BCUT2D eigenvalue weighted by Crippen LogP contribution is 2.30. The number of amides is 1. The van der Waals surface area contributed by atoms with E-state index < -0.39 is 5.97 Å². The molecule has 0 fully saturated rings. The second-order valence-corrected chi connectivity index (χ2v) is 6.91. The number of para-hydroxylation sites is 1. The van der Waals surface area contributed by atoms with Gasteiger partial charge in [-0.1, -0.05) is 42.5 Å². The summed E-state index contributed by atoms with van der Waals surface area (Å²) in [6, 6.07) is 21.8. The SMILES string of the molecule is CC(=O)Nc1cccc(Cn2c3ccccc3c3ccc(CC(=O)O)cc32)c1. The monoisotopic (exact) mass is 372 g/mol. The summed E-state index contributed by atoms with van der Waals surface area (Å²) in [5, 5.41) is 14.2. The molecule has 1 aromatic heterocycles. The molecule has 4 rings (SSSR count). The maximum Gasteiger partial charge on any atom is 0.307 e. The first-order chi connectivity index (χ1) is 13.5. The number of benzene rings is 3. The minimum Gasteiger partial charge on any atom is -0.481 e. The fourth-order valence-electron chi connectivity index (χ4n) is 3.68.